The number of fused-ring (bicyclic) bond motifs is 1. The van der Waals surface area contributed by atoms with Crippen LogP contribution in [0.1, 0.15) is 30.9 Å². The van der Waals surface area contributed by atoms with Crippen LogP contribution < -0.4 is 5.73 Å². The third kappa shape index (κ3) is 2.96. The number of thioether (sulfide) groups is 1. The zero-order valence-electron chi connectivity index (χ0n) is 11.2. The molecule has 1 heterocycles. The first-order chi connectivity index (χ1) is 9.34. The van der Waals surface area contributed by atoms with Gasteiger partial charge in [0.2, 0.25) is 0 Å². The first-order valence-corrected chi connectivity index (χ1v) is 8.31. The first kappa shape index (κ1) is 13.0. The minimum absolute atomic E-state index is 0.180. The zero-order chi connectivity index (χ0) is 13.1. The molecule has 0 aromatic heterocycles. The van der Waals surface area contributed by atoms with E-state index < -0.39 is 0 Å². The maximum Gasteiger partial charge on any atom is 0.0303 e. The summed E-state index contributed by atoms with van der Waals surface area (Å²) in [5, 5.41) is 2.62. The number of benzene rings is 2. The fraction of sp³-hybridized carbons (Fsp3) is 0.412. The van der Waals surface area contributed by atoms with Gasteiger partial charge in [0.1, 0.15) is 0 Å². The Balaban J connectivity index is 1.82. The molecule has 1 unspecified atom stereocenters. The van der Waals surface area contributed by atoms with Gasteiger partial charge in [-0.2, -0.15) is 11.8 Å². The molecule has 0 amide bonds. The minimum atomic E-state index is 0.180. The van der Waals surface area contributed by atoms with E-state index in [-0.39, 0.29) is 6.04 Å². The second kappa shape index (κ2) is 5.98. The van der Waals surface area contributed by atoms with Gasteiger partial charge in [0.25, 0.3) is 0 Å². The lowest BCUT2D eigenvalue weighted by atomic mass is 9.89. The van der Waals surface area contributed by atoms with E-state index in [4.69, 9.17) is 5.73 Å². The Labute approximate surface area is 119 Å². The van der Waals surface area contributed by atoms with Gasteiger partial charge >= 0.3 is 0 Å². The van der Waals surface area contributed by atoms with E-state index >= 15 is 0 Å². The molecule has 1 saturated heterocycles. The van der Waals surface area contributed by atoms with Crippen LogP contribution in [0.25, 0.3) is 10.8 Å². The summed E-state index contributed by atoms with van der Waals surface area (Å²) in [6.07, 6.45) is 3.81. The van der Waals surface area contributed by atoms with E-state index in [9.17, 15) is 0 Å². The summed E-state index contributed by atoms with van der Waals surface area (Å²) >= 11 is 2.08. The Morgan fingerprint density at radius 1 is 1.05 bits per heavy atom. The lowest BCUT2D eigenvalue weighted by Crippen LogP contribution is -2.19. The first-order valence-electron chi connectivity index (χ1n) is 7.15. The van der Waals surface area contributed by atoms with E-state index in [2.05, 4.69) is 54.2 Å². The third-order valence-corrected chi connectivity index (χ3v) is 5.20. The highest BCUT2D eigenvalue weighted by atomic mass is 32.2. The van der Waals surface area contributed by atoms with Crippen molar-refractivity contribution in [1.82, 2.24) is 0 Å². The molecule has 19 heavy (non-hydrogen) atoms. The quantitative estimate of drug-likeness (QED) is 0.897. The molecule has 0 bridgehead atoms. The molecule has 1 aliphatic heterocycles. The minimum Gasteiger partial charge on any atom is -0.324 e. The van der Waals surface area contributed by atoms with Gasteiger partial charge in [-0.25, -0.2) is 0 Å². The maximum atomic E-state index is 6.49. The summed E-state index contributed by atoms with van der Waals surface area (Å²) in [5.41, 5.74) is 7.80. The van der Waals surface area contributed by atoms with Gasteiger partial charge in [0.15, 0.2) is 0 Å². The molecule has 2 aromatic carbocycles. The Kier molecular flexibility index (Phi) is 4.09. The highest BCUT2D eigenvalue weighted by Crippen LogP contribution is 2.32. The summed E-state index contributed by atoms with van der Waals surface area (Å²) in [6.45, 7) is 0. The van der Waals surface area contributed by atoms with Crippen molar-refractivity contribution in [2.24, 2.45) is 11.7 Å². The maximum absolute atomic E-state index is 6.49. The Morgan fingerprint density at radius 2 is 1.79 bits per heavy atom. The lowest BCUT2D eigenvalue weighted by molar-refractivity contribution is 0.414. The highest BCUT2D eigenvalue weighted by molar-refractivity contribution is 7.99. The molecule has 0 saturated carbocycles. The second-order valence-electron chi connectivity index (χ2n) is 5.47. The van der Waals surface area contributed by atoms with Crippen molar-refractivity contribution in [2.75, 3.05) is 11.5 Å². The van der Waals surface area contributed by atoms with E-state index in [1.807, 2.05) is 0 Å². The van der Waals surface area contributed by atoms with Crippen LogP contribution in [-0.2, 0) is 0 Å². The van der Waals surface area contributed by atoms with E-state index in [1.165, 1.54) is 40.7 Å². The number of hydrogen-bond acceptors (Lipinski definition) is 2. The van der Waals surface area contributed by atoms with Gasteiger partial charge in [-0.05, 0) is 53.0 Å². The van der Waals surface area contributed by atoms with Gasteiger partial charge in [0.05, 0.1) is 0 Å². The molecule has 0 aliphatic carbocycles. The van der Waals surface area contributed by atoms with Crippen molar-refractivity contribution in [3.05, 3.63) is 48.0 Å². The molecule has 1 fully saturated rings. The molecule has 1 nitrogen and oxygen atoms in total. The van der Waals surface area contributed by atoms with Crippen molar-refractivity contribution >= 4 is 22.5 Å². The Morgan fingerprint density at radius 3 is 2.63 bits per heavy atom. The topological polar surface area (TPSA) is 26.0 Å². The Hall–Kier alpha value is -0.990. The van der Waals surface area contributed by atoms with Crippen molar-refractivity contribution in [1.29, 1.82) is 0 Å². The van der Waals surface area contributed by atoms with Crippen LogP contribution in [0.3, 0.4) is 0 Å². The summed E-state index contributed by atoms with van der Waals surface area (Å²) in [4.78, 5) is 0. The Bertz CT molecular complexity index is 540. The summed E-state index contributed by atoms with van der Waals surface area (Å²) in [7, 11) is 0. The predicted octanol–water partition coefficient (Wildman–Crippen LogP) is 4.37. The molecular weight excluding hydrogens is 250 g/mol. The lowest BCUT2D eigenvalue weighted by Gasteiger charge is -2.25. The van der Waals surface area contributed by atoms with Crippen LogP contribution in [0.4, 0.5) is 0 Å². The SMILES string of the molecule is NC(CC1CCSCC1)c1cccc2ccccc12. The molecule has 2 aromatic rings. The largest absolute Gasteiger partial charge is 0.324 e. The summed E-state index contributed by atoms with van der Waals surface area (Å²) in [5.74, 6) is 3.44. The van der Waals surface area contributed by atoms with Crippen molar-refractivity contribution in [3.8, 4) is 0 Å². The average Bonchev–Trinajstić information content (AvgIpc) is 2.47. The van der Waals surface area contributed by atoms with Crippen LogP contribution in [-0.4, -0.2) is 11.5 Å². The van der Waals surface area contributed by atoms with Gasteiger partial charge in [-0.3, -0.25) is 0 Å². The molecule has 0 radical (unpaired) electrons. The van der Waals surface area contributed by atoms with E-state index in [0.717, 1.165) is 12.3 Å². The monoisotopic (exact) mass is 271 g/mol. The fourth-order valence-electron chi connectivity index (χ4n) is 3.04. The molecule has 2 heteroatoms. The molecule has 0 spiro atoms. The molecule has 100 valence electrons. The van der Waals surface area contributed by atoms with Crippen molar-refractivity contribution in [2.45, 2.75) is 25.3 Å². The summed E-state index contributed by atoms with van der Waals surface area (Å²) < 4.78 is 0. The van der Waals surface area contributed by atoms with Crippen molar-refractivity contribution in [3.63, 3.8) is 0 Å². The van der Waals surface area contributed by atoms with Gasteiger partial charge in [0, 0.05) is 6.04 Å². The number of rotatable bonds is 3. The van der Waals surface area contributed by atoms with Crippen LogP contribution in [0.2, 0.25) is 0 Å². The van der Waals surface area contributed by atoms with Crippen LogP contribution in [0.15, 0.2) is 42.5 Å². The average molecular weight is 271 g/mol. The van der Waals surface area contributed by atoms with E-state index in [1.54, 1.807) is 0 Å². The normalized spacial score (nSPS) is 18.6. The fourth-order valence-corrected chi connectivity index (χ4v) is 4.25. The standard InChI is InChI=1S/C17H21NS/c18-17(12-13-8-10-19-11-9-13)16-7-3-5-14-4-1-2-6-15(14)16/h1-7,13,17H,8-12,18H2. The van der Waals surface area contributed by atoms with Crippen LogP contribution in [0.5, 0.6) is 0 Å². The predicted molar refractivity (Wildman–Crippen MR) is 85.5 cm³/mol. The molecule has 3 rings (SSSR count). The molecule has 1 atom stereocenters. The van der Waals surface area contributed by atoms with Crippen LogP contribution in [0, 0.1) is 5.92 Å². The van der Waals surface area contributed by atoms with Crippen LogP contribution >= 0.6 is 11.8 Å². The molecule has 2 N–H and O–H groups in total. The van der Waals surface area contributed by atoms with Gasteiger partial charge in [-0.15, -0.1) is 0 Å². The molecule has 1 aliphatic rings. The highest BCUT2D eigenvalue weighted by Gasteiger charge is 2.18. The third-order valence-electron chi connectivity index (χ3n) is 4.15. The summed E-state index contributed by atoms with van der Waals surface area (Å²) in [6, 6.07) is 15.2. The number of hydrogen-bond donors (Lipinski definition) is 1. The zero-order valence-corrected chi connectivity index (χ0v) is 12.0. The van der Waals surface area contributed by atoms with E-state index in [0.29, 0.717) is 0 Å². The second-order valence-corrected chi connectivity index (χ2v) is 6.69. The molecular formula is C17H21NS. The number of nitrogens with two attached hydrogens (primary N) is 1. The van der Waals surface area contributed by atoms with Gasteiger partial charge in [-0.1, -0.05) is 42.5 Å². The van der Waals surface area contributed by atoms with Crippen molar-refractivity contribution < 1.29 is 0 Å². The van der Waals surface area contributed by atoms with Gasteiger partial charge < -0.3 is 5.73 Å². The smallest absolute Gasteiger partial charge is 0.0303 e.